The minimum Gasteiger partial charge on any atom is -0.349 e. The van der Waals surface area contributed by atoms with Gasteiger partial charge < -0.3 is 5.32 Å². The molecule has 1 aliphatic carbocycles. The Bertz CT molecular complexity index is 547. The van der Waals surface area contributed by atoms with Crippen LogP contribution in [0.2, 0.25) is 0 Å². The van der Waals surface area contributed by atoms with Crippen LogP contribution in [0, 0.1) is 22.0 Å². The number of benzene rings is 1. The van der Waals surface area contributed by atoms with Crippen molar-refractivity contribution in [2.75, 3.05) is 0 Å². The number of nitrogens with zero attached hydrogens (tertiary/aromatic N) is 1. The summed E-state index contributed by atoms with van der Waals surface area (Å²) in [5.41, 5.74) is 0.233. The van der Waals surface area contributed by atoms with Crippen molar-refractivity contribution in [2.45, 2.75) is 32.7 Å². The van der Waals surface area contributed by atoms with Crippen molar-refractivity contribution in [3.63, 3.8) is 0 Å². The van der Waals surface area contributed by atoms with Crippen molar-refractivity contribution in [1.82, 2.24) is 5.32 Å². The highest BCUT2D eigenvalue weighted by atomic mass is 79.9. The third kappa shape index (κ3) is 3.00. The molecule has 3 unspecified atom stereocenters. The summed E-state index contributed by atoms with van der Waals surface area (Å²) in [6.07, 6.45) is 2.06. The third-order valence-electron chi connectivity index (χ3n) is 4.19. The van der Waals surface area contributed by atoms with Crippen LogP contribution in [0.15, 0.2) is 22.7 Å². The number of rotatable bonds is 3. The Hall–Kier alpha value is -1.43. The van der Waals surface area contributed by atoms with Crippen LogP contribution in [-0.2, 0) is 0 Å². The average Bonchev–Trinajstić information content (AvgIpc) is 2.71. The monoisotopic (exact) mass is 340 g/mol. The van der Waals surface area contributed by atoms with Crippen molar-refractivity contribution in [3.8, 4) is 0 Å². The first-order chi connectivity index (χ1) is 9.40. The van der Waals surface area contributed by atoms with E-state index in [-0.39, 0.29) is 17.6 Å². The Kier molecular flexibility index (Phi) is 4.42. The molecule has 0 aromatic heterocycles. The Morgan fingerprint density at radius 2 is 2.10 bits per heavy atom. The second-order valence-electron chi connectivity index (χ2n) is 5.41. The van der Waals surface area contributed by atoms with Gasteiger partial charge in [-0.25, -0.2) is 0 Å². The number of hydrogen-bond donors (Lipinski definition) is 1. The van der Waals surface area contributed by atoms with Crippen molar-refractivity contribution < 1.29 is 9.72 Å². The van der Waals surface area contributed by atoms with Crippen LogP contribution in [0.5, 0.6) is 0 Å². The highest BCUT2D eigenvalue weighted by Crippen LogP contribution is 2.31. The highest BCUT2D eigenvalue weighted by Gasteiger charge is 2.31. The molecule has 2 rings (SSSR count). The lowest BCUT2D eigenvalue weighted by Gasteiger charge is -2.20. The number of carbonyl (C=O) groups excluding carboxylic acids is 1. The molecule has 3 atom stereocenters. The van der Waals surface area contributed by atoms with Gasteiger partial charge in [0.2, 0.25) is 0 Å². The summed E-state index contributed by atoms with van der Waals surface area (Å²) in [5.74, 6) is 0.761. The standard InChI is InChI=1S/C14H17BrN2O3/c1-8-3-6-13(9(8)2)16-14(18)11-7-10(17(19)20)4-5-12(11)15/h4-5,7-9,13H,3,6H2,1-2H3,(H,16,18). The quantitative estimate of drug-likeness (QED) is 0.675. The second kappa shape index (κ2) is 5.91. The molecular formula is C14H17BrN2O3. The Labute approximate surface area is 126 Å². The van der Waals surface area contributed by atoms with E-state index in [1.807, 2.05) is 0 Å². The molecule has 0 heterocycles. The van der Waals surface area contributed by atoms with Crippen LogP contribution in [0.3, 0.4) is 0 Å². The van der Waals surface area contributed by atoms with Gasteiger partial charge in [0.25, 0.3) is 11.6 Å². The van der Waals surface area contributed by atoms with E-state index in [1.54, 1.807) is 0 Å². The lowest BCUT2D eigenvalue weighted by Crippen LogP contribution is -2.37. The summed E-state index contributed by atoms with van der Waals surface area (Å²) in [6.45, 7) is 4.31. The highest BCUT2D eigenvalue weighted by molar-refractivity contribution is 9.10. The summed E-state index contributed by atoms with van der Waals surface area (Å²) in [5, 5.41) is 13.8. The summed E-state index contributed by atoms with van der Waals surface area (Å²) < 4.78 is 0.569. The van der Waals surface area contributed by atoms with E-state index in [9.17, 15) is 14.9 Å². The number of nitro benzene ring substituents is 1. The van der Waals surface area contributed by atoms with Gasteiger partial charge in [0.1, 0.15) is 0 Å². The smallest absolute Gasteiger partial charge is 0.270 e. The van der Waals surface area contributed by atoms with Gasteiger partial charge >= 0.3 is 0 Å². The first kappa shape index (κ1) is 15.0. The maximum Gasteiger partial charge on any atom is 0.270 e. The first-order valence-corrected chi connectivity index (χ1v) is 7.44. The van der Waals surface area contributed by atoms with E-state index in [2.05, 4.69) is 35.1 Å². The molecule has 0 aliphatic heterocycles. The van der Waals surface area contributed by atoms with Gasteiger partial charge in [-0.05, 0) is 46.7 Å². The minimum absolute atomic E-state index is 0.0776. The van der Waals surface area contributed by atoms with Gasteiger partial charge in [0.15, 0.2) is 0 Å². The van der Waals surface area contributed by atoms with Gasteiger partial charge in [0, 0.05) is 22.6 Å². The molecule has 20 heavy (non-hydrogen) atoms. The summed E-state index contributed by atoms with van der Waals surface area (Å²) in [4.78, 5) is 22.6. The Morgan fingerprint density at radius 3 is 2.65 bits per heavy atom. The lowest BCUT2D eigenvalue weighted by atomic mass is 9.97. The molecule has 0 radical (unpaired) electrons. The van der Waals surface area contributed by atoms with Gasteiger partial charge in [-0.15, -0.1) is 0 Å². The molecule has 1 aliphatic rings. The molecule has 1 fully saturated rings. The Morgan fingerprint density at radius 1 is 1.40 bits per heavy atom. The molecular weight excluding hydrogens is 324 g/mol. The number of nitrogens with one attached hydrogen (secondary N) is 1. The maximum absolute atomic E-state index is 12.3. The van der Waals surface area contributed by atoms with Crippen molar-refractivity contribution in [1.29, 1.82) is 0 Å². The van der Waals surface area contributed by atoms with E-state index in [0.717, 1.165) is 12.8 Å². The lowest BCUT2D eigenvalue weighted by molar-refractivity contribution is -0.384. The fourth-order valence-electron chi connectivity index (χ4n) is 2.62. The molecule has 1 aromatic rings. The van der Waals surface area contributed by atoms with Crippen LogP contribution in [0.4, 0.5) is 5.69 Å². The van der Waals surface area contributed by atoms with Crippen molar-refractivity contribution >= 4 is 27.5 Å². The van der Waals surface area contributed by atoms with Gasteiger partial charge in [0.05, 0.1) is 10.5 Å². The maximum atomic E-state index is 12.3. The van der Waals surface area contributed by atoms with E-state index >= 15 is 0 Å². The number of hydrogen-bond acceptors (Lipinski definition) is 3. The molecule has 0 saturated heterocycles. The minimum atomic E-state index is -0.497. The molecule has 0 spiro atoms. The zero-order valence-corrected chi connectivity index (χ0v) is 13.0. The number of halogens is 1. The molecule has 1 saturated carbocycles. The predicted molar refractivity (Wildman–Crippen MR) is 79.6 cm³/mol. The fraction of sp³-hybridized carbons (Fsp3) is 0.500. The van der Waals surface area contributed by atoms with E-state index in [4.69, 9.17) is 0 Å². The summed E-state index contributed by atoms with van der Waals surface area (Å²) in [7, 11) is 0. The van der Waals surface area contributed by atoms with E-state index in [1.165, 1.54) is 18.2 Å². The summed E-state index contributed by atoms with van der Waals surface area (Å²) in [6, 6.07) is 4.36. The van der Waals surface area contributed by atoms with Gasteiger partial charge in [-0.3, -0.25) is 14.9 Å². The largest absolute Gasteiger partial charge is 0.349 e. The molecule has 6 heteroatoms. The molecule has 108 valence electrons. The molecule has 0 bridgehead atoms. The SMILES string of the molecule is CC1CCC(NC(=O)c2cc([N+](=O)[O-])ccc2Br)C1C. The number of carbonyl (C=O) groups is 1. The van der Waals surface area contributed by atoms with Crippen molar-refractivity contribution in [3.05, 3.63) is 38.3 Å². The van der Waals surface area contributed by atoms with E-state index < -0.39 is 4.92 Å². The average molecular weight is 341 g/mol. The van der Waals surface area contributed by atoms with Crippen LogP contribution < -0.4 is 5.32 Å². The predicted octanol–water partition coefficient (Wildman–Crippen LogP) is 3.52. The van der Waals surface area contributed by atoms with Gasteiger partial charge in [-0.2, -0.15) is 0 Å². The fourth-order valence-corrected chi connectivity index (χ4v) is 3.04. The van der Waals surface area contributed by atoms with Crippen LogP contribution in [0.25, 0.3) is 0 Å². The van der Waals surface area contributed by atoms with Crippen LogP contribution >= 0.6 is 15.9 Å². The zero-order chi connectivity index (χ0) is 14.9. The van der Waals surface area contributed by atoms with E-state index in [0.29, 0.717) is 21.9 Å². The number of non-ortho nitro benzene ring substituents is 1. The van der Waals surface area contributed by atoms with Crippen molar-refractivity contribution in [2.24, 2.45) is 11.8 Å². The topological polar surface area (TPSA) is 72.2 Å². The first-order valence-electron chi connectivity index (χ1n) is 6.65. The van der Waals surface area contributed by atoms with Crippen LogP contribution in [0.1, 0.15) is 37.0 Å². The Balaban J connectivity index is 2.17. The summed E-state index contributed by atoms with van der Waals surface area (Å²) >= 11 is 3.27. The second-order valence-corrected chi connectivity index (χ2v) is 6.27. The number of amides is 1. The molecule has 1 amide bonds. The molecule has 5 nitrogen and oxygen atoms in total. The zero-order valence-electron chi connectivity index (χ0n) is 11.4. The normalized spacial score (nSPS) is 25.4. The number of nitro groups is 1. The van der Waals surface area contributed by atoms with Crippen LogP contribution in [-0.4, -0.2) is 16.9 Å². The molecule has 1 N–H and O–H groups in total. The third-order valence-corrected chi connectivity index (χ3v) is 4.88. The molecule has 1 aromatic carbocycles. The van der Waals surface area contributed by atoms with Gasteiger partial charge in [-0.1, -0.05) is 13.8 Å².